The van der Waals surface area contributed by atoms with Gasteiger partial charge in [0, 0.05) is 17.7 Å². The number of aliphatic hydroxyl groups is 4. The van der Waals surface area contributed by atoms with E-state index in [1.54, 1.807) is 0 Å². The standard InChI is InChI=1S/C25H25O18P/c26-9-6-12(16-13(7-9)41-23(20(34)17(16)31)8-1-2-10(27)11(28)5-8)40-14(29)3-4-15(30)42-24-21(35)18(32)19(33)22(36)25(24)43-44(37,38)39/h1-2,5-7,18-19,21-22,24-28,32-36H,3-4H2,(H2,37,38,39)/t18-,19-,21+,22+,24-,25+/m0/s1. The fourth-order valence-electron chi connectivity index (χ4n) is 4.39. The van der Waals surface area contributed by atoms with Crippen molar-refractivity contribution in [2.75, 3.05) is 0 Å². The number of carbonyl (C=O) groups excluding carboxylic acids is 2. The largest absolute Gasteiger partial charge is 0.508 e. The lowest BCUT2D eigenvalue weighted by molar-refractivity contribution is -0.230. The number of aliphatic hydroxyl groups excluding tert-OH is 4. The molecule has 3 aromatic rings. The fraction of sp³-hybridized carbons (Fsp3) is 0.320. The summed E-state index contributed by atoms with van der Waals surface area (Å²) >= 11 is 0. The zero-order valence-corrected chi connectivity index (χ0v) is 22.8. The normalized spacial score (nSPS) is 23.8. The molecule has 18 nitrogen and oxygen atoms in total. The van der Waals surface area contributed by atoms with Gasteiger partial charge in [-0.25, -0.2) is 4.57 Å². The lowest BCUT2D eigenvalue weighted by Crippen LogP contribution is -2.65. The first-order valence-electron chi connectivity index (χ1n) is 12.4. The summed E-state index contributed by atoms with van der Waals surface area (Å²) in [5, 5.41) is 79.3. The molecule has 0 spiro atoms. The van der Waals surface area contributed by atoms with Crippen molar-refractivity contribution >= 4 is 30.7 Å². The number of carbonyl (C=O) groups is 2. The van der Waals surface area contributed by atoms with Gasteiger partial charge in [-0.15, -0.1) is 0 Å². The summed E-state index contributed by atoms with van der Waals surface area (Å²) < 4.78 is 31.1. The molecule has 19 heteroatoms. The second kappa shape index (κ2) is 12.4. The molecule has 1 aliphatic rings. The van der Waals surface area contributed by atoms with Gasteiger partial charge in [-0.1, -0.05) is 0 Å². The van der Waals surface area contributed by atoms with Crippen LogP contribution in [0.15, 0.2) is 39.5 Å². The van der Waals surface area contributed by atoms with Gasteiger partial charge in [-0.3, -0.25) is 18.9 Å². The van der Waals surface area contributed by atoms with Gasteiger partial charge in [0.15, 0.2) is 23.4 Å². The molecule has 6 atom stereocenters. The molecule has 0 amide bonds. The number of rotatable bonds is 8. The number of aromatic hydroxyl groups is 4. The number of ether oxygens (including phenoxy) is 2. The summed E-state index contributed by atoms with van der Waals surface area (Å²) in [6.07, 6.45) is -14.6. The number of hydrogen-bond donors (Lipinski definition) is 10. The molecule has 238 valence electrons. The van der Waals surface area contributed by atoms with E-state index >= 15 is 0 Å². The molecule has 0 radical (unpaired) electrons. The lowest BCUT2D eigenvalue weighted by atomic mass is 9.85. The smallest absolute Gasteiger partial charge is 0.470 e. The van der Waals surface area contributed by atoms with Gasteiger partial charge in [-0.2, -0.15) is 0 Å². The summed E-state index contributed by atoms with van der Waals surface area (Å²) in [6, 6.07) is 5.04. The van der Waals surface area contributed by atoms with Crippen molar-refractivity contribution in [1.29, 1.82) is 0 Å². The molecule has 2 aromatic carbocycles. The molecule has 0 saturated heterocycles. The van der Waals surface area contributed by atoms with Crippen molar-refractivity contribution in [1.82, 2.24) is 0 Å². The van der Waals surface area contributed by atoms with E-state index in [1.165, 1.54) is 6.07 Å². The Labute approximate surface area is 244 Å². The number of fused-ring (bicyclic) bond motifs is 1. The summed E-state index contributed by atoms with van der Waals surface area (Å²) in [5.74, 6) is -6.22. The van der Waals surface area contributed by atoms with Crippen LogP contribution in [0.3, 0.4) is 0 Å². The average Bonchev–Trinajstić information content (AvgIpc) is 2.94. The topological polar surface area (TPSA) is 311 Å². The minimum atomic E-state index is -5.37. The molecule has 44 heavy (non-hydrogen) atoms. The van der Waals surface area contributed by atoms with E-state index in [4.69, 9.17) is 23.7 Å². The molecular weight excluding hydrogens is 619 g/mol. The first kappa shape index (κ1) is 32.6. The van der Waals surface area contributed by atoms with Crippen molar-refractivity contribution in [3.63, 3.8) is 0 Å². The quantitative estimate of drug-likeness (QED) is 0.0596. The first-order chi connectivity index (χ1) is 20.5. The average molecular weight is 644 g/mol. The molecule has 0 unspecified atom stereocenters. The molecule has 1 aromatic heterocycles. The van der Waals surface area contributed by atoms with E-state index in [-0.39, 0.29) is 11.1 Å². The Bertz CT molecular complexity index is 1690. The Morgan fingerprint density at radius 3 is 2.05 bits per heavy atom. The van der Waals surface area contributed by atoms with E-state index < -0.39 is 115 Å². The third kappa shape index (κ3) is 6.77. The third-order valence-corrected chi connectivity index (χ3v) is 7.01. The summed E-state index contributed by atoms with van der Waals surface area (Å²) in [7, 11) is -5.37. The highest BCUT2D eigenvalue weighted by Gasteiger charge is 2.53. The van der Waals surface area contributed by atoms with Gasteiger partial charge in [0.25, 0.3) is 0 Å². The zero-order valence-electron chi connectivity index (χ0n) is 22.0. The van der Waals surface area contributed by atoms with Crippen molar-refractivity contribution in [2.45, 2.75) is 49.5 Å². The number of benzene rings is 2. The number of phenols is 3. The Balaban J connectivity index is 1.51. The molecule has 10 N–H and O–H groups in total. The van der Waals surface area contributed by atoms with Crippen LogP contribution in [-0.4, -0.2) is 99.2 Å². The maximum Gasteiger partial charge on any atom is 0.470 e. The third-order valence-electron chi connectivity index (χ3n) is 6.49. The molecule has 0 bridgehead atoms. The van der Waals surface area contributed by atoms with Crippen LogP contribution in [0.25, 0.3) is 22.3 Å². The number of phosphoric ester groups is 1. The first-order valence-corrected chi connectivity index (χ1v) is 13.9. The molecule has 1 fully saturated rings. The number of hydrogen-bond acceptors (Lipinski definition) is 16. The summed E-state index contributed by atoms with van der Waals surface area (Å²) in [4.78, 5) is 56.1. The van der Waals surface area contributed by atoms with Crippen molar-refractivity contribution < 1.29 is 83.2 Å². The molecular formula is C25H25O18P. The maximum atomic E-state index is 13.0. The number of esters is 2. The predicted octanol–water partition coefficient (Wildman–Crippen LogP) is -1.19. The highest BCUT2D eigenvalue weighted by molar-refractivity contribution is 7.46. The van der Waals surface area contributed by atoms with Gasteiger partial charge in [0.05, 0.1) is 12.8 Å². The molecule has 0 aliphatic heterocycles. The van der Waals surface area contributed by atoms with Crippen molar-refractivity contribution in [3.05, 3.63) is 40.6 Å². The minimum absolute atomic E-state index is 0.0386. The van der Waals surface area contributed by atoms with E-state index in [1.807, 2.05) is 0 Å². The second-order valence-electron chi connectivity index (χ2n) is 9.58. The summed E-state index contributed by atoms with van der Waals surface area (Å²) in [6.45, 7) is 0. The second-order valence-corrected chi connectivity index (χ2v) is 10.8. The Kier molecular flexibility index (Phi) is 9.19. The predicted molar refractivity (Wildman–Crippen MR) is 140 cm³/mol. The van der Waals surface area contributed by atoms with Crippen LogP contribution < -0.4 is 10.2 Å². The monoisotopic (exact) mass is 644 g/mol. The Morgan fingerprint density at radius 1 is 0.818 bits per heavy atom. The molecule has 1 aliphatic carbocycles. The highest BCUT2D eigenvalue weighted by atomic mass is 31.2. The lowest BCUT2D eigenvalue weighted by Gasteiger charge is -2.42. The Hall–Kier alpha value is -4.26. The van der Waals surface area contributed by atoms with E-state index in [0.717, 1.165) is 24.3 Å². The Morgan fingerprint density at radius 2 is 1.43 bits per heavy atom. The molecule has 1 heterocycles. The van der Waals surface area contributed by atoms with Crippen molar-refractivity contribution in [2.24, 2.45) is 0 Å². The molecule has 4 rings (SSSR count). The van der Waals surface area contributed by atoms with Gasteiger partial charge in [0.1, 0.15) is 53.0 Å². The van der Waals surface area contributed by atoms with Crippen LogP contribution >= 0.6 is 7.82 Å². The van der Waals surface area contributed by atoms with Gasteiger partial charge in [0.2, 0.25) is 11.2 Å². The minimum Gasteiger partial charge on any atom is -0.508 e. The van der Waals surface area contributed by atoms with Crippen molar-refractivity contribution in [3.8, 4) is 40.1 Å². The van der Waals surface area contributed by atoms with Gasteiger partial charge < -0.3 is 64.5 Å². The number of phenolic OH excluding ortho intramolecular Hbond substituents is 3. The zero-order chi connectivity index (χ0) is 32.7. The van der Waals surface area contributed by atoms with Crippen LogP contribution in [0.4, 0.5) is 0 Å². The number of phosphoric acid groups is 1. The SMILES string of the molecule is O=C(CCC(=O)O[C@H]1[C@H](O)[C@@H](O)[C@H](O)[C@@H](O)[C@H]1OP(=O)(O)O)Oc1cc(O)cc2oc(-c3ccc(O)c(O)c3)c(O)c(=O)c12. The van der Waals surface area contributed by atoms with E-state index in [9.17, 15) is 59.8 Å². The highest BCUT2D eigenvalue weighted by Crippen LogP contribution is 2.42. The van der Waals surface area contributed by atoms with Gasteiger partial charge >= 0.3 is 19.8 Å². The summed E-state index contributed by atoms with van der Waals surface area (Å²) in [5.41, 5.74) is -1.54. The van der Waals surface area contributed by atoms with E-state index in [2.05, 4.69) is 4.52 Å². The maximum absolute atomic E-state index is 13.0. The van der Waals surface area contributed by atoms with Crippen LogP contribution in [0.1, 0.15) is 12.8 Å². The van der Waals surface area contributed by atoms with Crippen LogP contribution in [0.5, 0.6) is 28.7 Å². The van der Waals surface area contributed by atoms with Gasteiger partial charge in [-0.05, 0) is 18.2 Å². The van der Waals surface area contributed by atoms with E-state index in [0.29, 0.717) is 0 Å². The molecule has 1 saturated carbocycles. The fourth-order valence-corrected chi connectivity index (χ4v) is 4.95. The van der Waals surface area contributed by atoms with Crippen LogP contribution in [-0.2, 0) is 23.4 Å². The van der Waals surface area contributed by atoms with Crippen LogP contribution in [0.2, 0.25) is 0 Å². The van der Waals surface area contributed by atoms with Crippen LogP contribution in [0, 0.1) is 0 Å².